The first kappa shape index (κ1) is 22.7. The molecule has 1 atom stereocenters. The molecule has 1 aromatic heterocycles. The van der Waals surface area contributed by atoms with Crippen LogP contribution in [0.5, 0.6) is 5.75 Å². The molecule has 1 heterocycles. The second kappa shape index (κ2) is 10.9. The van der Waals surface area contributed by atoms with Crippen molar-refractivity contribution in [1.82, 2.24) is 20.1 Å². The molecular formula is C22H29ClN4O2S. The average Bonchev–Trinajstić information content (AvgIpc) is 3.13. The minimum absolute atomic E-state index is 0.0440. The molecule has 1 fully saturated rings. The van der Waals surface area contributed by atoms with Gasteiger partial charge in [-0.1, -0.05) is 48.7 Å². The monoisotopic (exact) mass is 448 g/mol. The summed E-state index contributed by atoms with van der Waals surface area (Å²) in [6.45, 7) is 8.24. The number of hydrogen-bond donors (Lipinski definition) is 1. The number of thioether (sulfide) groups is 1. The molecule has 2 aromatic rings. The van der Waals surface area contributed by atoms with E-state index in [-0.39, 0.29) is 12.0 Å². The lowest BCUT2D eigenvalue weighted by Gasteiger charge is -2.22. The van der Waals surface area contributed by atoms with Gasteiger partial charge in [0, 0.05) is 17.6 Å². The van der Waals surface area contributed by atoms with E-state index in [1.54, 1.807) is 6.08 Å². The molecule has 1 aliphatic rings. The summed E-state index contributed by atoms with van der Waals surface area (Å²) in [4.78, 5) is 12.3. The minimum Gasteiger partial charge on any atom is -0.483 e. The topological polar surface area (TPSA) is 69.0 Å². The smallest absolute Gasteiger partial charge is 0.230 e. The number of nitrogens with zero attached hydrogens (tertiary/aromatic N) is 3. The zero-order chi connectivity index (χ0) is 21.5. The zero-order valence-corrected chi connectivity index (χ0v) is 19.1. The summed E-state index contributed by atoms with van der Waals surface area (Å²) in [7, 11) is 0. The lowest BCUT2D eigenvalue weighted by Crippen LogP contribution is -2.37. The molecule has 0 bridgehead atoms. The molecule has 6 nitrogen and oxygen atoms in total. The van der Waals surface area contributed by atoms with Gasteiger partial charge in [0.1, 0.15) is 5.75 Å². The Kier molecular flexibility index (Phi) is 8.22. The molecular weight excluding hydrogens is 420 g/mol. The van der Waals surface area contributed by atoms with Crippen molar-refractivity contribution in [2.45, 2.75) is 69.8 Å². The van der Waals surface area contributed by atoms with Crippen molar-refractivity contribution in [3.05, 3.63) is 47.3 Å². The molecule has 0 radical (unpaired) electrons. The van der Waals surface area contributed by atoms with Gasteiger partial charge in [-0.2, -0.15) is 0 Å². The van der Waals surface area contributed by atoms with E-state index in [0.29, 0.717) is 34.3 Å². The number of aromatic nitrogens is 3. The number of amides is 1. The van der Waals surface area contributed by atoms with Crippen LogP contribution >= 0.6 is 23.4 Å². The summed E-state index contributed by atoms with van der Waals surface area (Å²) in [5, 5.41) is 13.2. The van der Waals surface area contributed by atoms with Crippen molar-refractivity contribution in [2.75, 3.05) is 5.75 Å². The Morgan fingerprint density at radius 2 is 2.17 bits per heavy atom. The maximum atomic E-state index is 12.3. The van der Waals surface area contributed by atoms with Gasteiger partial charge in [0.2, 0.25) is 5.91 Å². The van der Waals surface area contributed by atoms with Gasteiger partial charge in [-0.25, -0.2) is 0 Å². The summed E-state index contributed by atoms with van der Waals surface area (Å²) in [6, 6.07) is 5.87. The number of hydrogen-bond acceptors (Lipinski definition) is 5. The fourth-order valence-corrected chi connectivity index (χ4v) is 4.49. The van der Waals surface area contributed by atoms with E-state index >= 15 is 0 Å². The van der Waals surface area contributed by atoms with Gasteiger partial charge in [0.05, 0.1) is 5.75 Å². The number of aryl methyl sites for hydroxylation is 1. The van der Waals surface area contributed by atoms with Crippen LogP contribution in [0.15, 0.2) is 36.0 Å². The third-order valence-electron chi connectivity index (χ3n) is 5.17. The second-order valence-corrected chi connectivity index (χ2v) is 8.95. The van der Waals surface area contributed by atoms with Crippen LogP contribution < -0.4 is 10.1 Å². The van der Waals surface area contributed by atoms with Gasteiger partial charge < -0.3 is 10.1 Å². The third kappa shape index (κ3) is 6.01. The molecule has 3 rings (SSSR count). The van der Waals surface area contributed by atoms with Crippen LogP contribution in [0.3, 0.4) is 0 Å². The highest BCUT2D eigenvalue weighted by atomic mass is 35.5. The van der Waals surface area contributed by atoms with Crippen molar-refractivity contribution in [3.8, 4) is 5.75 Å². The molecule has 8 heteroatoms. The summed E-state index contributed by atoms with van der Waals surface area (Å²) in [5.74, 6) is 1.77. The predicted octanol–water partition coefficient (Wildman–Crippen LogP) is 5.11. The molecule has 1 aliphatic carbocycles. The highest BCUT2D eigenvalue weighted by Crippen LogP contribution is 2.27. The van der Waals surface area contributed by atoms with Crippen LogP contribution in [0, 0.1) is 6.92 Å². The van der Waals surface area contributed by atoms with Gasteiger partial charge in [-0.15, -0.1) is 16.8 Å². The molecule has 0 saturated heterocycles. The second-order valence-electron chi connectivity index (χ2n) is 7.60. The molecule has 162 valence electrons. The zero-order valence-electron chi connectivity index (χ0n) is 17.6. The van der Waals surface area contributed by atoms with Crippen molar-refractivity contribution in [2.24, 2.45) is 0 Å². The Balaban J connectivity index is 1.63. The van der Waals surface area contributed by atoms with Crippen LogP contribution in [-0.4, -0.2) is 32.5 Å². The number of allylic oxidation sites excluding steroid dienone is 1. The quantitative estimate of drug-likeness (QED) is 0.426. The predicted molar refractivity (Wildman–Crippen MR) is 121 cm³/mol. The molecule has 1 N–H and O–H groups in total. The van der Waals surface area contributed by atoms with E-state index in [4.69, 9.17) is 16.3 Å². The first-order valence-corrected chi connectivity index (χ1v) is 11.7. The van der Waals surface area contributed by atoms with E-state index in [2.05, 4.69) is 22.1 Å². The highest BCUT2D eigenvalue weighted by molar-refractivity contribution is 7.99. The van der Waals surface area contributed by atoms with Crippen LogP contribution in [-0.2, 0) is 11.3 Å². The van der Waals surface area contributed by atoms with E-state index in [9.17, 15) is 4.79 Å². The van der Waals surface area contributed by atoms with E-state index in [1.807, 2.05) is 36.6 Å². The van der Waals surface area contributed by atoms with Gasteiger partial charge in [0.25, 0.3) is 0 Å². The van der Waals surface area contributed by atoms with E-state index in [1.165, 1.54) is 31.0 Å². The Morgan fingerprint density at radius 3 is 2.87 bits per heavy atom. The summed E-state index contributed by atoms with van der Waals surface area (Å²) in [6.07, 6.45) is 7.28. The van der Waals surface area contributed by atoms with Crippen molar-refractivity contribution >= 4 is 29.3 Å². The van der Waals surface area contributed by atoms with Gasteiger partial charge in [0.15, 0.2) is 17.1 Å². The Labute approximate surface area is 187 Å². The number of halogens is 1. The Bertz CT molecular complexity index is 880. The molecule has 0 spiro atoms. The van der Waals surface area contributed by atoms with E-state index < -0.39 is 0 Å². The largest absolute Gasteiger partial charge is 0.483 e. The number of carbonyl (C=O) groups is 1. The number of rotatable bonds is 9. The Hall–Kier alpha value is -1.99. The van der Waals surface area contributed by atoms with Crippen LogP contribution in [0.1, 0.15) is 56.5 Å². The molecule has 0 aliphatic heterocycles. The molecule has 1 amide bonds. The summed E-state index contributed by atoms with van der Waals surface area (Å²) >= 11 is 7.49. The molecule has 1 unspecified atom stereocenters. The molecule has 30 heavy (non-hydrogen) atoms. The minimum atomic E-state index is -0.316. The standard InChI is InChI=1S/C22H29ClN4O2S/c1-4-12-27-21(16(3)29-18-10-11-19(23)15(2)13-18)25-26-22(27)30-14-20(28)24-17-8-6-5-7-9-17/h4,10-11,13,16-17H,1,5-9,12,14H2,2-3H3,(H,24,28). The van der Waals surface area contributed by atoms with Crippen LogP contribution in [0.4, 0.5) is 0 Å². The lowest BCUT2D eigenvalue weighted by atomic mass is 9.95. The van der Waals surface area contributed by atoms with Crippen LogP contribution in [0.2, 0.25) is 5.02 Å². The third-order valence-corrected chi connectivity index (χ3v) is 6.56. The molecule has 1 aromatic carbocycles. The SMILES string of the molecule is C=CCn1c(SCC(=O)NC2CCCCC2)nnc1C(C)Oc1ccc(Cl)c(C)c1. The van der Waals surface area contributed by atoms with E-state index in [0.717, 1.165) is 24.2 Å². The normalized spacial score (nSPS) is 15.6. The van der Waals surface area contributed by atoms with Gasteiger partial charge >= 0.3 is 0 Å². The first-order chi connectivity index (χ1) is 14.5. The number of nitrogens with one attached hydrogen (secondary N) is 1. The summed E-state index contributed by atoms with van der Waals surface area (Å²) in [5.41, 5.74) is 0.953. The Morgan fingerprint density at radius 1 is 1.40 bits per heavy atom. The number of ether oxygens (including phenoxy) is 1. The summed E-state index contributed by atoms with van der Waals surface area (Å²) < 4.78 is 8.00. The van der Waals surface area contributed by atoms with Gasteiger partial charge in [-0.05, 0) is 50.5 Å². The van der Waals surface area contributed by atoms with Crippen molar-refractivity contribution in [1.29, 1.82) is 0 Å². The number of carbonyl (C=O) groups excluding carboxylic acids is 1. The van der Waals surface area contributed by atoms with Crippen LogP contribution in [0.25, 0.3) is 0 Å². The van der Waals surface area contributed by atoms with Gasteiger partial charge in [-0.3, -0.25) is 9.36 Å². The first-order valence-electron chi connectivity index (χ1n) is 10.4. The fraction of sp³-hybridized carbons (Fsp3) is 0.500. The lowest BCUT2D eigenvalue weighted by molar-refractivity contribution is -0.119. The maximum absolute atomic E-state index is 12.3. The number of benzene rings is 1. The fourth-order valence-electron chi connectivity index (χ4n) is 3.60. The maximum Gasteiger partial charge on any atom is 0.230 e. The highest BCUT2D eigenvalue weighted by Gasteiger charge is 2.21. The van der Waals surface area contributed by atoms with Crippen molar-refractivity contribution < 1.29 is 9.53 Å². The average molecular weight is 449 g/mol. The molecule has 1 saturated carbocycles. The van der Waals surface area contributed by atoms with Crippen molar-refractivity contribution in [3.63, 3.8) is 0 Å².